The van der Waals surface area contributed by atoms with Crippen LogP contribution in [0.2, 0.25) is 0 Å². The van der Waals surface area contributed by atoms with Crippen LogP contribution in [0.15, 0.2) is 24.4 Å². The summed E-state index contributed by atoms with van der Waals surface area (Å²) >= 11 is 1.63. The van der Waals surface area contributed by atoms with Crippen LogP contribution >= 0.6 is 11.3 Å². The first-order chi connectivity index (χ1) is 10.6. The second kappa shape index (κ2) is 5.84. The lowest BCUT2D eigenvalue weighted by atomic mass is 10.1. The maximum Gasteiger partial charge on any atom is 0.220 e. The molecule has 0 atom stereocenters. The van der Waals surface area contributed by atoms with Gasteiger partial charge in [0, 0.05) is 18.7 Å². The Morgan fingerprint density at radius 1 is 1.23 bits per heavy atom. The summed E-state index contributed by atoms with van der Waals surface area (Å²) < 4.78 is 15.0. The Hall–Kier alpha value is -2.28. The van der Waals surface area contributed by atoms with Gasteiger partial charge in [0.25, 0.3) is 0 Å². The van der Waals surface area contributed by atoms with Gasteiger partial charge in [-0.15, -0.1) is 0 Å². The lowest BCUT2D eigenvalue weighted by Crippen LogP contribution is -2.21. The number of fused-ring (bicyclic) bond motifs is 1. The van der Waals surface area contributed by atoms with Crippen molar-refractivity contribution in [2.75, 3.05) is 23.7 Å². The van der Waals surface area contributed by atoms with Crippen LogP contribution in [0.25, 0.3) is 21.5 Å². The van der Waals surface area contributed by atoms with Crippen LogP contribution in [0.1, 0.15) is 13.8 Å². The van der Waals surface area contributed by atoms with Crippen molar-refractivity contribution in [3.8, 4) is 11.3 Å². The summed E-state index contributed by atoms with van der Waals surface area (Å²) in [5.74, 6) is -0.439. The van der Waals surface area contributed by atoms with Crippen LogP contribution < -0.4 is 10.6 Å². The predicted octanol–water partition coefficient (Wildman–Crippen LogP) is 3.32. The third-order valence-electron chi connectivity index (χ3n) is 3.45. The molecule has 2 heterocycles. The monoisotopic (exact) mass is 317 g/mol. The maximum atomic E-state index is 13.9. The second-order valence-corrected chi connectivity index (χ2v) is 5.79. The Balaban J connectivity index is 2.08. The third kappa shape index (κ3) is 2.59. The fourth-order valence-corrected chi connectivity index (χ4v) is 3.35. The van der Waals surface area contributed by atoms with E-state index in [1.807, 2.05) is 18.2 Å². The predicted molar refractivity (Wildman–Crippen MR) is 88.6 cm³/mol. The largest absolute Gasteiger partial charge is 0.368 e. The summed E-state index contributed by atoms with van der Waals surface area (Å²) in [6, 6.07) is 5.61. The van der Waals surface area contributed by atoms with Crippen LogP contribution in [0.3, 0.4) is 0 Å². The molecule has 0 aliphatic carbocycles. The molecule has 3 aromatic rings. The van der Waals surface area contributed by atoms with Gasteiger partial charge < -0.3 is 10.6 Å². The van der Waals surface area contributed by atoms with Gasteiger partial charge in [-0.05, 0) is 26.0 Å². The van der Waals surface area contributed by atoms with Crippen LogP contribution in [-0.2, 0) is 0 Å². The van der Waals surface area contributed by atoms with Gasteiger partial charge in [-0.1, -0.05) is 17.4 Å². The van der Waals surface area contributed by atoms with Crippen molar-refractivity contribution in [1.29, 1.82) is 0 Å². The number of halogens is 1. The molecule has 0 saturated carbocycles. The number of rotatable bonds is 4. The minimum absolute atomic E-state index is 0.0543. The highest BCUT2D eigenvalue weighted by molar-refractivity contribution is 7.22. The van der Waals surface area contributed by atoms with Crippen LogP contribution in [0.5, 0.6) is 0 Å². The van der Waals surface area contributed by atoms with Crippen molar-refractivity contribution in [2.24, 2.45) is 0 Å². The van der Waals surface area contributed by atoms with Crippen molar-refractivity contribution >= 4 is 32.6 Å². The maximum absolute atomic E-state index is 13.9. The highest BCUT2D eigenvalue weighted by Crippen LogP contribution is 2.32. The van der Waals surface area contributed by atoms with Gasteiger partial charge in [0.15, 0.2) is 10.9 Å². The van der Waals surface area contributed by atoms with E-state index >= 15 is 0 Å². The third-order valence-corrected chi connectivity index (χ3v) is 4.54. The summed E-state index contributed by atoms with van der Waals surface area (Å²) in [6.07, 6.45) is 1.09. The van der Waals surface area contributed by atoms with Crippen LogP contribution in [0.4, 0.5) is 15.5 Å². The molecule has 7 heteroatoms. The van der Waals surface area contributed by atoms with Crippen molar-refractivity contribution in [2.45, 2.75) is 13.8 Å². The summed E-state index contributed by atoms with van der Waals surface area (Å²) in [6.45, 7) is 6.00. The topological polar surface area (TPSA) is 67.9 Å². The quantitative estimate of drug-likeness (QED) is 0.799. The standard InChI is InChI=1S/C15H16FN5S/c1-3-21(4-2)15-19-11-7-9(5-6-12(11)22-15)13-10(16)8-18-14(17)20-13/h5-8H,3-4H2,1-2H3,(H2,17,18,20). The first kappa shape index (κ1) is 14.6. The summed E-state index contributed by atoms with van der Waals surface area (Å²) in [4.78, 5) is 14.5. The van der Waals surface area contributed by atoms with E-state index in [-0.39, 0.29) is 11.6 Å². The van der Waals surface area contributed by atoms with E-state index in [2.05, 4.69) is 33.7 Å². The molecule has 0 bridgehead atoms. The molecule has 114 valence electrons. The normalized spacial score (nSPS) is 11.0. The molecule has 0 spiro atoms. The first-order valence-electron chi connectivity index (χ1n) is 7.06. The number of nitrogens with zero attached hydrogens (tertiary/aromatic N) is 4. The summed E-state index contributed by atoms with van der Waals surface area (Å²) in [5, 5.41) is 0.972. The number of aromatic nitrogens is 3. The van der Waals surface area contributed by atoms with Gasteiger partial charge in [-0.2, -0.15) is 0 Å². The number of anilines is 2. The van der Waals surface area contributed by atoms with Crippen LogP contribution in [0, 0.1) is 5.82 Å². The zero-order chi connectivity index (χ0) is 15.7. The zero-order valence-corrected chi connectivity index (χ0v) is 13.2. The van der Waals surface area contributed by atoms with E-state index in [0.717, 1.165) is 34.6 Å². The minimum Gasteiger partial charge on any atom is -0.368 e. The van der Waals surface area contributed by atoms with E-state index in [4.69, 9.17) is 5.73 Å². The van der Waals surface area contributed by atoms with Gasteiger partial charge in [-0.25, -0.2) is 19.3 Å². The molecule has 5 nitrogen and oxygen atoms in total. The molecule has 2 N–H and O–H groups in total. The zero-order valence-electron chi connectivity index (χ0n) is 12.4. The van der Waals surface area contributed by atoms with Crippen molar-refractivity contribution in [3.05, 3.63) is 30.2 Å². The molecule has 0 unspecified atom stereocenters. The number of nitrogen functional groups attached to an aromatic ring is 1. The number of hydrogen-bond donors (Lipinski definition) is 1. The SMILES string of the molecule is CCN(CC)c1nc2cc(-c3nc(N)ncc3F)ccc2s1. The second-order valence-electron chi connectivity index (χ2n) is 4.78. The Bertz CT molecular complexity index is 813. The molecule has 1 aromatic carbocycles. The molecule has 0 fully saturated rings. The smallest absolute Gasteiger partial charge is 0.220 e. The lowest BCUT2D eigenvalue weighted by Gasteiger charge is -2.16. The molecule has 0 saturated heterocycles. The van der Waals surface area contributed by atoms with Crippen molar-refractivity contribution in [3.63, 3.8) is 0 Å². The van der Waals surface area contributed by atoms with Crippen molar-refractivity contribution in [1.82, 2.24) is 15.0 Å². The first-order valence-corrected chi connectivity index (χ1v) is 7.88. The fourth-order valence-electron chi connectivity index (χ4n) is 2.28. The molecular weight excluding hydrogens is 301 g/mol. The number of hydrogen-bond acceptors (Lipinski definition) is 6. The highest BCUT2D eigenvalue weighted by atomic mass is 32.1. The van der Waals surface area contributed by atoms with Crippen LogP contribution in [-0.4, -0.2) is 28.0 Å². The van der Waals surface area contributed by atoms with E-state index < -0.39 is 5.82 Å². The Morgan fingerprint density at radius 2 is 2.00 bits per heavy atom. The highest BCUT2D eigenvalue weighted by Gasteiger charge is 2.13. The lowest BCUT2D eigenvalue weighted by molar-refractivity contribution is 0.619. The number of benzene rings is 1. The summed E-state index contributed by atoms with van der Waals surface area (Å²) in [5.41, 5.74) is 7.23. The molecule has 22 heavy (non-hydrogen) atoms. The van der Waals surface area contributed by atoms with Gasteiger partial charge in [0.1, 0.15) is 5.69 Å². The van der Waals surface area contributed by atoms with E-state index in [0.29, 0.717) is 5.56 Å². The molecule has 0 radical (unpaired) electrons. The van der Waals surface area contributed by atoms with Gasteiger partial charge >= 0.3 is 0 Å². The molecule has 2 aromatic heterocycles. The van der Waals surface area contributed by atoms with E-state index in [1.54, 1.807) is 11.3 Å². The Labute approximate surface area is 131 Å². The number of nitrogens with two attached hydrogens (primary N) is 1. The minimum atomic E-state index is -0.493. The molecule has 3 rings (SSSR count). The molecular formula is C15H16FN5S. The molecule has 0 aliphatic heterocycles. The Morgan fingerprint density at radius 3 is 2.73 bits per heavy atom. The fraction of sp³-hybridized carbons (Fsp3) is 0.267. The number of thiazole rings is 1. The average Bonchev–Trinajstić information content (AvgIpc) is 2.93. The molecule has 0 amide bonds. The van der Waals surface area contributed by atoms with E-state index in [9.17, 15) is 4.39 Å². The summed E-state index contributed by atoms with van der Waals surface area (Å²) in [7, 11) is 0. The van der Waals surface area contributed by atoms with Gasteiger partial charge in [0.2, 0.25) is 5.95 Å². The van der Waals surface area contributed by atoms with Crippen molar-refractivity contribution < 1.29 is 4.39 Å². The average molecular weight is 317 g/mol. The molecule has 0 aliphatic rings. The van der Waals surface area contributed by atoms with E-state index in [1.165, 1.54) is 0 Å². The van der Waals surface area contributed by atoms with Gasteiger partial charge in [-0.3, -0.25) is 0 Å². The van der Waals surface area contributed by atoms with Gasteiger partial charge in [0.05, 0.1) is 16.4 Å². The Kier molecular flexibility index (Phi) is 3.89.